The van der Waals surface area contributed by atoms with Crippen molar-refractivity contribution < 1.29 is 57.2 Å². The van der Waals surface area contributed by atoms with Gasteiger partial charge < -0.3 is 28.4 Å². The normalized spacial score (nSPS) is 15.2. The van der Waals surface area contributed by atoms with Crippen molar-refractivity contribution in [3.8, 4) is 28.7 Å². The predicted molar refractivity (Wildman–Crippen MR) is 115 cm³/mol. The molecule has 2 aliphatic rings. The summed E-state index contributed by atoms with van der Waals surface area (Å²) in [6.45, 7) is 6.18. The number of hydrogen-bond acceptors (Lipinski definition) is 12. The molecule has 0 saturated heterocycles. The number of hydrogen-bond donors (Lipinski definition) is 0. The zero-order valence-electron chi connectivity index (χ0n) is 19.6. The van der Waals surface area contributed by atoms with Crippen molar-refractivity contribution in [2.24, 2.45) is 0 Å². The standard InChI is InChI=1S/C24H18O12/c1-8-6-14(31-10(3)26)13(7-25)20-15(8)22(29)35-19-9(2)18(32-11(4)27)16-17(21(19)34-20)24(33-12(5)28)36-23(16)30/h6-7,24H,1-5H3/t24-/m1/s1. The zero-order chi connectivity index (χ0) is 26.5. The molecule has 12 heteroatoms. The predicted octanol–water partition coefficient (Wildman–Crippen LogP) is 3.02. The van der Waals surface area contributed by atoms with E-state index in [0.717, 1.165) is 20.8 Å². The molecule has 0 bridgehead atoms. The Labute approximate surface area is 203 Å². The minimum Gasteiger partial charge on any atom is -0.451 e. The van der Waals surface area contributed by atoms with Gasteiger partial charge in [0.25, 0.3) is 6.29 Å². The summed E-state index contributed by atoms with van der Waals surface area (Å²) in [7, 11) is 0. The molecule has 0 spiro atoms. The molecule has 0 aromatic heterocycles. The first-order chi connectivity index (χ1) is 16.9. The minimum absolute atomic E-state index is 0.0195. The monoisotopic (exact) mass is 498 g/mol. The Morgan fingerprint density at radius 2 is 1.53 bits per heavy atom. The Kier molecular flexibility index (Phi) is 5.96. The first kappa shape index (κ1) is 24.4. The highest BCUT2D eigenvalue weighted by atomic mass is 16.7. The minimum atomic E-state index is -1.65. The van der Waals surface area contributed by atoms with E-state index in [9.17, 15) is 28.8 Å². The van der Waals surface area contributed by atoms with Gasteiger partial charge in [-0.25, -0.2) is 9.59 Å². The number of cyclic esters (lactones) is 1. The number of fused-ring (bicyclic) bond motifs is 4. The quantitative estimate of drug-likeness (QED) is 0.345. The van der Waals surface area contributed by atoms with Gasteiger partial charge in [0.05, 0.1) is 5.56 Å². The summed E-state index contributed by atoms with van der Waals surface area (Å²) in [5.74, 6) is -5.67. The van der Waals surface area contributed by atoms with Crippen LogP contribution in [0.1, 0.15) is 74.8 Å². The molecule has 4 rings (SSSR count). The van der Waals surface area contributed by atoms with Crippen LogP contribution >= 0.6 is 0 Å². The first-order valence-corrected chi connectivity index (χ1v) is 10.4. The van der Waals surface area contributed by atoms with Crippen LogP contribution in [0.25, 0.3) is 0 Å². The largest absolute Gasteiger partial charge is 0.451 e. The van der Waals surface area contributed by atoms with Crippen LogP contribution in [0.15, 0.2) is 6.07 Å². The van der Waals surface area contributed by atoms with E-state index in [0.29, 0.717) is 6.29 Å². The Balaban J connectivity index is 2.07. The number of carbonyl (C=O) groups excluding carboxylic acids is 6. The third-order valence-corrected chi connectivity index (χ3v) is 5.25. The zero-order valence-corrected chi connectivity index (χ0v) is 19.6. The molecule has 0 fully saturated rings. The molecule has 2 aliphatic heterocycles. The average Bonchev–Trinajstić information content (AvgIpc) is 2.97. The second-order valence-corrected chi connectivity index (χ2v) is 7.85. The molecular weight excluding hydrogens is 480 g/mol. The first-order valence-electron chi connectivity index (χ1n) is 10.4. The van der Waals surface area contributed by atoms with Gasteiger partial charge in [0.2, 0.25) is 0 Å². The SMILES string of the molecule is CC(=O)Oc1cc(C)c2c(c1C=O)Oc1c(c(C)c(OC(C)=O)c3c1[C@H](OC(C)=O)OC3=O)OC2=O. The maximum Gasteiger partial charge on any atom is 0.347 e. The van der Waals surface area contributed by atoms with Crippen LogP contribution in [0.5, 0.6) is 28.7 Å². The smallest absolute Gasteiger partial charge is 0.347 e. The van der Waals surface area contributed by atoms with Gasteiger partial charge >= 0.3 is 29.8 Å². The molecule has 2 aromatic rings. The molecule has 36 heavy (non-hydrogen) atoms. The molecular formula is C24H18O12. The van der Waals surface area contributed by atoms with Crippen LogP contribution in [0.3, 0.4) is 0 Å². The van der Waals surface area contributed by atoms with Gasteiger partial charge in [0.15, 0.2) is 29.3 Å². The van der Waals surface area contributed by atoms with Gasteiger partial charge in [-0.15, -0.1) is 0 Å². The molecule has 186 valence electrons. The van der Waals surface area contributed by atoms with Gasteiger partial charge in [-0.2, -0.15) is 0 Å². The van der Waals surface area contributed by atoms with E-state index in [1.807, 2.05) is 0 Å². The summed E-state index contributed by atoms with van der Waals surface area (Å²) in [5, 5.41) is 0. The molecule has 2 heterocycles. The van der Waals surface area contributed by atoms with Crippen LogP contribution in [0.2, 0.25) is 0 Å². The maximum atomic E-state index is 13.2. The van der Waals surface area contributed by atoms with Gasteiger partial charge in [0.1, 0.15) is 22.4 Å². The molecule has 2 aromatic carbocycles. The van der Waals surface area contributed by atoms with E-state index < -0.39 is 36.1 Å². The Bertz CT molecular complexity index is 1400. The van der Waals surface area contributed by atoms with Gasteiger partial charge in [0, 0.05) is 26.3 Å². The summed E-state index contributed by atoms with van der Waals surface area (Å²) < 4.78 is 32.2. The molecule has 0 amide bonds. The maximum absolute atomic E-state index is 13.2. The van der Waals surface area contributed by atoms with Crippen molar-refractivity contribution in [2.45, 2.75) is 40.9 Å². The lowest BCUT2D eigenvalue weighted by Gasteiger charge is -2.19. The second kappa shape index (κ2) is 8.80. The van der Waals surface area contributed by atoms with Gasteiger partial charge in [-0.05, 0) is 25.5 Å². The highest BCUT2D eigenvalue weighted by Crippen LogP contribution is 2.54. The van der Waals surface area contributed by atoms with Crippen molar-refractivity contribution in [2.75, 3.05) is 0 Å². The van der Waals surface area contributed by atoms with E-state index >= 15 is 0 Å². The Morgan fingerprint density at radius 3 is 2.11 bits per heavy atom. The Hall–Kier alpha value is -4.74. The Morgan fingerprint density at radius 1 is 0.861 bits per heavy atom. The molecule has 0 aliphatic carbocycles. The average molecular weight is 498 g/mol. The van der Waals surface area contributed by atoms with Crippen LogP contribution in [-0.2, 0) is 23.9 Å². The van der Waals surface area contributed by atoms with E-state index in [1.165, 1.54) is 19.9 Å². The number of ether oxygens (including phenoxy) is 6. The van der Waals surface area contributed by atoms with E-state index in [4.69, 9.17) is 28.4 Å². The number of aryl methyl sites for hydroxylation is 1. The number of benzene rings is 2. The topological polar surface area (TPSA) is 158 Å². The summed E-state index contributed by atoms with van der Waals surface area (Å²) >= 11 is 0. The van der Waals surface area contributed by atoms with Crippen molar-refractivity contribution in [1.29, 1.82) is 0 Å². The van der Waals surface area contributed by atoms with Crippen molar-refractivity contribution in [3.05, 3.63) is 39.4 Å². The molecule has 1 atom stereocenters. The molecule has 12 nitrogen and oxygen atoms in total. The third-order valence-electron chi connectivity index (χ3n) is 5.25. The fraction of sp³-hybridized carbons (Fsp3) is 0.250. The van der Waals surface area contributed by atoms with E-state index in [2.05, 4.69) is 0 Å². The number of esters is 5. The van der Waals surface area contributed by atoms with Gasteiger partial charge in [-0.1, -0.05) is 0 Å². The number of rotatable bonds is 4. The van der Waals surface area contributed by atoms with Crippen LogP contribution in [0.4, 0.5) is 0 Å². The molecule has 0 radical (unpaired) electrons. The lowest BCUT2D eigenvalue weighted by molar-refractivity contribution is -0.165. The molecule has 0 N–H and O–H groups in total. The highest BCUT2D eigenvalue weighted by Gasteiger charge is 2.45. The number of carbonyl (C=O) groups is 6. The van der Waals surface area contributed by atoms with Crippen molar-refractivity contribution >= 4 is 36.1 Å². The van der Waals surface area contributed by atoms with Crippen molar-refractivity contribution in [1.82, 2.24) is 0 Å². The second-order valence-electron chi connectivity index (χ2n) is 7.85. The molecule has 0 unspecified atom stereocenters. The summed E-state index contributed by atoms with van der Waals surface area (Å²) in [6, 6.07) is 1.29. The highest BCUT2D eigenvalue weighted by molar-refractivity contribution is 6.04. The summed E-state index contributed by atoms with van der Waals surface area (Å²) in [4.78, 5) is 73.1. The summed E-state index contributed by atoms with van der Waals surface area (Å²) in [5.41, 5.74) is -0.706. The fourth-order valence-corrected chi connectivity index (χ4v) is 3.92. The van der Waals surface area contributed by atoms with Gasteiger partial charge in [-0.3, -0.25) is 19.2 Å². The fourth-order valence-electron chi connectivity index (χ4n) is 3.92. The third kappa shape index (κ3) is 3.91. The van der Waals surface area contributed by atoms with Crippen LogP contribution in [0, 0.1) is 13.8 Å². The lowest BCUT2D eigenvalue weighted by Crippen LogP contribution is -2.13. The van der Waals surface area contributed by atoms with E-state index in [-0.39, 0.29) is 62.1 Å². The summed E-state index contributed by atoms with van der Waals surface area (Å²) in [6.07, 6.45) is -1.33. The van der Waals surface area contributed by atoms with Crippen molar-refractivity contribution in [3.63, 3.8) is 0 Å². The number of aldehydes is 1. The van der Waals surface area contributed by atoms with Crippen LogP contribution < -0.4 is 18.9 Å². The lowest BCUT2D eigenvalue weighted by atomic mass is 10.0. The molecule has 0 saturated carbocycles. The van der Waals surface area contributed by atoms with Crippen LogP contribution in [-0.4, -0.2) is 36.1 Å². The van der Waals surface area contributed by atoms with E-state index in [1.54, 1.807) is 0 Å².